The van der Waals surface area contributed by atoms with Crippen LogP contribution in [-0.4, -0.2) is 9.97 Å². The van der Waals surface area contributed by atoms with Gasteiger partial charge in [0.2, 0.25) is 5.88 Å². The van der Waals surface area contributed by atoms with Crippen LogP contribution in [0.1, 0.15) is 17.9 Å². The number of ether oxygens (including phenoxy) is 1. The number of benzene rings is 1. The van der Waals surface area contributed by atoms with Crippen LogP contribution in [0, 0.1) is 0 Å². The third kappa shape index (κ3) is 2.70. The molecular formula is C12H11ClN2O. The first-order valence-corrected chi connectivity index (χ1v) is 5.37. The van der Waals surface area contributed by atoms with Gasteiger partial charge in [-0.1, -0.05) is 12.1 Å². The van der Waals surface area contributed by atoms with E-state index in [0.29, 0.717) is 5.88 Å². The number of hydrogen-bond donors (Lipinski definition) is 0. The molecule has 0 aliphatic heterocycles. The molecule has 16 heavy (non-hydrogen) atoms. The summed E-state index contributed by atoms with van der Waals surface area (Å²) in [6.45, 7) is 1.93. The van der Waals surface area contributed by atoms with Crippen LogP contribution in [0.3, 0.4) is 0 Å². The van der Waals surface area contributed by atoms with Crippen LogP contribution in [-0.2, 0) is 0 Å². The lowest BCUT2D eigenvalue weighted by atomic mass is 10.2. The second kappa shape index (κ2) is 4.94. The van der Waals surface area contributed by atoms with Gasteiger partial charge in [0.25, 0.3) is 0 Å². The summed E-state index contributed by atoms with van der Waals surface area (Å²) in [4.78, 5) is 7.79. The fraction of sp³-hybridized carbons (Fsp3) is 0.167. The number of alkyl halides is 1. The fourth-order valence-electron chi connectivity index (χ4n) is 1.26. The molecule has 0 N–H and O–H groups in total. The molecule has 0 saturated carbocycles. The molecular weight excluding hydrogens is 224 g/mol. The second-order valence-electron chi connectivity index (χ2n) is 3.33. The minimum Gasteiger partial charge on any atom is -0.439 e. The van der Waals surface area contributed by atoms with Crippen molar-refractivity contribution in [2.75, 3.05) is 0 Å². The van der Waals surface area contributed by atoms with Gasteiger partial charge in [-0.3, -0.25) is 0 Å². The first-order valence-electron chi connectivity index (χ1n) is 4.93. The van der Waals surface area contributed by atoms with Gasteiger partial charge >= 0.3 is 0 Å². The average Bonchev–Trinajstić information content (AvgIpc) is 2.31. The van der Waals surface area contributed by atoms with E-state index in [4.69, 9.17) is 16.3 Å². The van der Waals surface area contributed by atoms with Gasteiger partial charge in [-0.15, -0.1) is 11.6 Å². The maximum atomic E-state index is 5.95. The van der Waals surface area contributed by atoms with Crippen molar-refractivity contribution in [2.24, 2.45) is 0 Å². The van der Waals surface area contributed by atoms with Crippen LogP contribution >= 0.6 is 11.6 Å². The molecule has 82 valence electrons. The van der Waals surface area contributed by atoms with Gasteiger partial charge in [0, 0.05) is 12.3 Å². The van der Waals surface area contributed by atoms with E-state index in [1.165, 1.54) is 6.33 Å². The molecule has 0 radical (unpaired) electrons. The highest BCUT2D eigenvalue weighted by atomic mass is 35.5. The Kier molecular flexibility index (Phi) is 3.37. The first kappa shape index (κ1) is 10.9. The fourth-order valence-corrected chi connectivity index (χ4v) is 1.41. The number of hydrogen-bond acceptors (Lipinski definition) is 3. The van der Waals surface area contributed by atoms with Crippen LogP contribution in [0.5, 0.6) is 11.6 Å². The zero-order valence-corrected chi connectivity index (χ0v) is 9.56. The average molecular weight is 235 g/mol. The smallest absolute Gasteiger partial charge is 0.222 e. The quantitative estimate of drug-likeness (QED) is 0.762. The molecule has 2 aromatic rings. The lowest BCUT2D eigenvalue weighted by molar-refractivity contribution is 0.461. The lowest BCUT2D eigenvalue weighted by Gasteiger charge is -2.06. The van der Waals surface area contributed by atoms with Crippen LogP contribution in [0.15, 0.2) is 42.9 Å². The van der Waals surface area contributed by atoms with Crippen molar-refractivity contribution in [1.82, 2.24) is 9.97 Å². The molecule has 1 atom stereocenters. The van der Waals surface area contributed by atoms with E-state index in [2.05, 4.69) is 9.97 Å². The summed E-state index contributed by atoms with van der Waals surface area (Å²) < 4.78 is 5.52. The van der Waals surface area contributed by atoms with Crippen LogP contribution in [0.2, 0.25) is 0 Å². The molecule has 0 aliphatic rings. The van der Waals surface area contributed by atoms with E-state index < -0.39 is 0 Å². The van der Waals surface area contributed by atoms with E-state index in [-0.39, 0.29) is 5.38 Å². The molecule has 1 aromatic heterocycles. The highest BCUT2D eigenvalue weighted by Gasteiger charge is 2.02. The second-order valence-corrected chi connectivity index (χ2v) is 3.99. The van der Waals surface area contributed by atoms with Crippen LogP contribution in [0.4, 0.5) is 0 Å². The van der Waals surface area contributed by atoms with Gasteiger partial charge in [0.05, 0.1) is 5.38 Å². The van der Waals surface area contributed by atoms with Crippen molar-refractivity contribution >= 4 is 11.6 Å². The number of nitrogens with zero attached hydrogens (tertiary/aromatic N) is 2. The van der Waals surface area contributed by atoms with E-state index >= 15 is 0 Å². The van der Waals surface area contributed by atoms with Crippen LogP contribution in [0.25, 0.3) is 0 Å². The zero-order valence-electron chi connectivity index (χ0n) is 8.80. The van der Waals surface area contributed by atoms with Gasteiger partial charge in [0.15, 0.2) is 0 Å². The van der Waals surface area contributed by atoms with Gasteiger partial charge < -0.3 is 4.74 Å². The predicted octanol–water partition coefficient (Wildman–Crippen LogP) is 3.57. The summed E-state index contributed by atoms with van der Waals surface area (Å²) in [5.41, 5.74) is 1.07. The Morgan fingerprint density at radius 2 is 1.94 bits per heavy atom. The minimum absolute atomic E-state index is 0.00750. The molecule has 2 rings (SSSR count). The largest absolute Gasteiger partial charge is 0.439 e. The Balaban J connectivity index is 2.11. The summed E-state index contributed by atoms with van der Waals surface area (Å²) in [5, 5.41) is 0.00750. The van der Waals surface area contributed by atoms with E-state index in [9.17, 15) is 0 Å². The summed E-state index contributed by atoms with van der Waals surface area (Å²) in [5.74, 6) is 1.27. The normalized spacial score (nSPS) is 12.1. The third-order valence-corrected chi connectivity index (χ3v) is 2.37. The SMILES string of the molecule is CC(Cl)c1ccc(Oc2ccncn2)cc1. The van der Waals surface area contributed by atoms with E-state index in [1.54, 1.807) is 12.3 Å². The zero-order chi connectivity index (χ0) is 11.4. The van der Waals surface area contributed by atoms with Crippen molar-refractivity contribution in [3.8, 4) is 11.6 Å². The molecule has 1 aromatic carbocycles. The molecule has 4 heteroatoms. The van der Waals surface area contributed by atoms with Crippen molar-refractivity contribution in [3.05, 3.63) is 48.4 Å². The number of halogens is 1. The molecule has 1 heterocycles. The Hall–Kier alpha value is -1.61. The van der Waals surface area contributed by atoms with Gasteiger partial charge in [0.1, 0.15) is 12.1 Å². The molecule has 3 nitrogen and oxygen atoms in total. The Labute approximate surface area is 99.1 Å². The predicted molar refractivity (Wildman–Crippen MR) is 62.8 cm³/mol. The van der Waals surface area contributed by atoms with Gasteiger partial charge in [-0.25, -0.2) is 9.97 Å². The van der Waals surface area contributed by atoms with Gasteiger partial charge in [-0.05, 0) is 24.6 Å². The highest BCUT2D eigenvalue weighted by Crippen LogP contribution is 2.24. The molecule has 0 amide bonds. The number of aromatic nitrogens is 2. The number of rotatable bonds is 3. The molecule has 0 bridgehead atoms. The van der Waals surface area contributed by atoms with Crippen molar-refractivity contribution in [1.29, 1.82) is 0 Å². The molecule has 0 aliphatic carbocycles. The first-order chi connectivity index (χ1) is 7.75. The summed E-state index contributed by atoms with van der Waals surface area (Å²) in [6.07, 6.45) is 3.09. The highest BCUT2D eigenvalue weighted by molar-refractivity contribution is 6.20. The summed E-state index contributed by atoms with van der Waals surface area (Å²) >= 11 is 5.95. The minimum atomic E-state index is 0.00750. The monoisotopic (exact) mass is 234 g/mol. The maximum Gasteiger partial charge on any atom is 0.222 e. The van der Waals surface area contributed by atoms with Crippen molar-refractivity contribution < 1.29 is 4.74 Å². The molecule has 0 spiro atoms. The summed E-state index contributed by atoms with van der Waals surface area (Å²) in [6, 6.07) is 9.33. The van der Waals surface area contributed by atoms with Crippen molar-refractivity contribution in [2.45, 2.75) is 12.3 Å². The van der Waals surface area contributed by atoms with E-state index in [1.807, 2.05) is 31.2 Å². The Bertz CT molecular complexity index is 442. The summed E-state index contributed by atoms with van der Waals surface area (Å²) in [7, 11) is 0. The van der Waals surface area contributed by atoms with Crippen LogP contribution < -0.4 is 4.74 Å². The molecule has 0 fully saturated rings. The third-order valence-electron chi connectivity index (χ3n) is 2.12. The van der Waals surface area contributed by atoms with Crippen molar-refractivity contribution in [3.63, 3.8) is 0 Å². The van der Waals surface area contributed by atoms with Gasteiger partial charge in [-0.2, -0.15) is 0 Å². The standard InChI is InChI=1S/C12H11ClN2O/c1-9(13)10-2-4-11(5-3-10)16-12-6-7-14-8-15-12/h2-9H,1H3. The van der Waals surface area contributed by atoms with E-state index in [0.717, 1.165) is 11.3 Å². The Morgan fingerprint density at radius 1 is 1.19 bits per heavy atom. The molecule has 1 unspecified atom stereocenters. The lowest BCUT2D eigenvalue weighted by Crippen LogP contribution is -1.89. The Morgan fingerprint density at radius 3 is 2.50 bits per heavy atom. The molecule has 0 saturated heterocycles. The maximum absolute atomic E-state index is 5.95. The topological polar surface area (TPSA) is 35.0 Å².